The molecule has 2 bridgehead atoms. The number of carbonyl (C=O) groups is 1. The number of hydrogen-bond donors (Lipinski definition) is 0. The fraction of sp³-hybridized carbons (Fsp3) is 0.786. The molecule has 15 heavy (non-hydrogen) atoms. The Kier molecular flexibility index (Phi) is 2.33. The molecule has 0 saturated heterocycles. The Morgan fingerprint density at radius 1 is 1.40 bits per heavy atom. The third-order valence-corrected chi connectivity index (χ3v) is 5.02. The lowest BCUT2D eigenvalue weighted by Crippen LogP contribution is -2.32. The molecule has 0 heterocycles. The summed E-state index contributed by atoms with van der Waals surface area (Å²) in [5, 5.41) is 0. The van der Waals surface area contributed by atoms with Crippen molar-refractivity contribution in [3.05, 3.63) is 11.6 Å². The van der Waals surface area contributed by atoms with Crippen molar-refractivity contribution in [3.8, 4) is 0 Å². The molecule has 2 atom stereocenters. The van der Waals surface area contributed by atoms with Gasteiger partial charge in [0.2, 0.25) is 0 Å². The maximum absolute atomic E-state index is 12.3. The topological polar surface area (TPSA) is 17.1 Å². The zero-order valence-electron chi connectivity index (χ0n) is 10.4. The fourth-order valence-electron chi connectivity index (χ4n) is 3.46. The van der Waals surface area contributed by atoms with Crippen LogP contribution in [-0.2, 0) is 4.79 Å². The van der Waals surface area contributed by atoms with Gasteiger partial charge in [0.05, 0.1) is 0 Å². The molecule has 2 saturated carbocycles. The van der Waals surface area contributed by atoms with Gasteiger partial charge < -0.3 is 0 Å². The highest BCUT2D eigenvalue weighted by Crippen LogP contribution is 2.65. The van der Waals surface area contributed by atoms with Crippen LogP contribution in [0.4, 0.5) is 0 Å². The van der Waals surface area contributed by atoms with E-state index in [9.17, 15) is 4.79 Å². The summed E-state index contributed by atoms with van der Waals surface area (Å²) in [6.07, 6.45) is 6.71. The second kappa shape index (κ2) is 3.20. The first-order chi connectivity index (χ1) is 6.95. The van der Waals surface area contributed by atoms with E-state index in [-0.39, 0.29) is 10.8 Å². The van der Waals surface area contributed by atoms with Crippen molar-refractivity contribution < 1.29 is 4.79 Å². The summed E-state index contributed by atoms with van der Waals surface area (Å²) in [6, 6.07) is 0. The molecule has 0 radical (unpaired) electrons. The second-order valence-corrected chi connectivity index (χ2v) is 5.92. The molecule has 84 valence electrons. The van der Waals surface area contributed by atoms with Crippen molar-refractivity contribution in [2.45, 2.75) is 53.4 Å². The number of hydrogen-bond acceptors (Lipinski definition) is 1. The van der Waals surface area contributed by atoms with Crippen molar-refractivity contribution in [2.24, 2.45) is 16.7 Å². The van der Waals surface area contributed by atoms with Gasteiger partial charge in [0.1, 0.15) is 0 Å². The Hall–Kier alpha value is -0.590. The van der Waals surface area contributed by atoms with Crippen LogP contribution in [0.1, 0.15) is 53.4 Å². The number of unbranched alkanes of at least 4 members (excludes halogenated alkanes) is 1. The monoisotopic (exact) mass is 206 g/mol. The molecule has 0 aromatic carbocycles. The molecule has 2 aliphatic rings. The Morgan fingerprint density at radius 2 is 2.07 bits per heavy atom. The van der Waals surface area contributed by atoms with Gasteiger partial charge in [-0.05, 0) is 36.2 Å². The molecule has 0 aromatic rings. The molecule has 0 spiro atoms. The summed E-state index contributed by atoms with van der Waals surface area (Å²) in [5.74, 6) is 0.971. The minimum atomic E-state index is -0.0722. The molecule has 2 fully saturated rings. The summed E-state index contributed by atoms with van der Waals surface area (Å²) < 4.78 is 0. The van der Waals surface area contributed by atoms with Crippen molar-refractivity contribution in [1.82, 2.24) is 0 Å². The Balaban J connectivity index is 2.38. The molecule has 0 aromatic heterocycles. The largest absolute Gasteiger partial charge is 0.294 e. The van der Waals surface area contributed by atoms with E-state index in [0.717, 1.165) is 24.8 Å². The first kappa shape index (κ1) is 10.9. The van der Waals surface area contributed by atoms with E-state index in [4.69, 9.17) is 0 Å². The van der Waals surface area contributed by atoms with Crippen LogP contribution in [0.15, 0.2) is 11.6 Å². The highest BCUT2D eigenvalue weighted by Gasteiger charge is 2.63. The number of Topliss-reactive ketones (excluding diaryl/α,β-unsaturated/α-hetero) is 1. The van der Waals surface area contributed by atoms with E-state index in [1.54, 1.807) is 0 Å². The van der Waals surface area contributed by atoms with E-state index < -0.39 is 0 Å². The van der Waals surface area contributed by atoms with E-state index in [2.05, 4.69) is 33.8 Å². The summed E-state index contributed by atoms with van der Waals surface area (Å²) in [4.78, 5) is 12.3. The van der Waals surface area contributed by atoms with Crippen LogP contribution in [0.2, 0.25) is 0 Å². The highest BCUT2D eigenvalue weighted by molar-refractivity contribution is 6.04. The predicted molar refractivity (Wildman–Crippen MR) is 62.6 cm³/mol. The molecular formula is C14H22O. The Labute approximate surface area is 92.9 Å². The molecule has 2 aliphatic carbocycles. The predicted octanol–water partition coefficient (Wildman–Crippen LogP) is 3.74. The van der Waals surface area contributed by atoms with Gasteiger partial charge >= 0.3 is 0 Å². The van der Waals surface area contributed by atoms with Gasteiger partial charge in [-0.2, -0.15) is 0 Å². The van der Waals surface area contributed by atoms with Crippen LogP contribution in [0, 0.1) is 16.7 Å². The highest BCUT2D eigenvalue weighted by atomic mass is 16.1. The fourth-order valence-corrected chi connectivity index (χ4v) is 3.46. The van der Waals surface area contributed by atoms with Crippen LogP contribution in [-0.4, -0.2) is 5.78 Å². The van der Waals surface area contributed by atoms with E-state index in [1.165, 1.54) is 6.42 Å². The van der Waals surface area contributed by atoms with Crippen molar-refractivity contribution in [3.63, 3.8) is 0 Å². The average molecular weight is 206 g/mol. The molecule has 0 aliphatic heterocycles. The molecule has 2 rings (SSSR count). The normalized spacial score (nSPS) is 40.4. The minimum absolute atomic E-state index is 0.0722. The lowest BCUT2D eigenvalue weighted by molar-refractivity contribution is -0.125. The van der Waals surface area contributed by atoms with Crippen LogP contribution >= 0.6 is 0 Å². The Bertz CT molecular complexity index is 324. The number of carbonyl (C=O) groups excluding carboxylic acids is 1. The van der Waals surface area contributed by atoms with Crippen LogP contribution < -0.4 is 0 Å². The molecule has 0 N–H and O–H groups in total. The summed E-state index contributed by atoms with van der Waals surface area (Å²) in [6.45, 7) is 8.88. The van der Waals surface area contributed by atoms with Crippen LogP contribution in [0.3, 0.4) is 0 Å². The van der Waals surface area contributed by atoms with Gasteiger partial charge in [-0.1, -0.05) is 40.2 Å². The second-order valence-electron chi connectivity index (χ2n) is 5.92. The van der Waals surface area contributed by atoms with Gasteiger partial charge in [0, 0.05) is 5.41 Å². The summed E-state index contributed by atoms with van der Waals surface area (Å²) in [5.41, 5.74) is 1.26. The summed E-state index contributed by atoms with van der Waals surface area (Å²) >= 11 is 0. The number of allylic oxidation sites excluding steroid dienone is 2. The van der Waals surface area contributed by atoms with Crippen LogP contribution in [0.25, 0.3) is 0 Å². The minimum Gasteiger partial charge on any atom is -0.294 e. The standard InChI is InChI=1S/C14H22O/c1-5-6-7-10-11-8-9-14(4,12(10)15)13(11,2)3/h7,11H,5-6,8-9H2,1-4H3/b10-7-/t11-,14+/m1/s1. The number of ketones is 1. The van der Waals surface area contributed by atoms with Crippen molar-refractivity contribution in [1.29, 1.82) is 0 Å². The number of rotatable bonds is 2. The molecule has 0 amide bonds. The zero-order valence-corrected chi connectivity index (χ0v) is 10.4. The van der Waals surface area contributed by atoms with Crippen molar-refractivity contribution >= 4 is 5.78 Å². The maximum atomic E-state index is 12.3. The Morgan fingerprint density at radius 3 is 2.53 bits per heavy atom. The summed E-state index contributed by atoms with van der Waals surface area (Å²) in [7, 11) is 0. The SMILES string of the molecule is CCC/C=C1\C(=O)[C@]2(C)CC[C@H]1C2(C)C. The van der Waals surface area contributed by atoms with Gasteiger partial charge in [-0.15, -0.1) is 0 Å². The zero-order chi connectivity index (χ0) is 11.3. The third-order valence-electron chi connectivity index (χ3n) is 5.02. The number of fused-ring (bicyclic) bond motifs is 2. The molecular weight excluding hydrogens is 184 g/mol. The lowest BCUT2D eigenvalue weighted by Gasteiger charge is -2.31. The first-order valence-corrected chi connectivity index (χ1v) is 6.20. The van der Waals surface area contributed by atoms with Crippen LogP contribution in [0.5, 0.6) is 0 Å². The van der Waals surface area contributed by atoms with E-state index in [0.29, 0.717) is 11.7 Å². The molecule has 1 nitrogen and oxygen atoms in total. The maximum Gasteiger partial charge on any atom is 0.165 e. The quantitative estimate of drug-likeness (QED) is 0.629. The molecule has 1 heteroatoms. The van der Waals surface area contributed by atoms with E-state index >= 15 is 0 Å². The van der Waals surface area contributed by atoms with Crippen molar-refractivity contribution in [2.75, 3.05) is 0 Å². The van der Waals surface area contributed by atoms with Gasteiger partial charge in [-0.3, -0.25) is 4.79 Å². The molecule has 0 unspecified atom stereocenters. The lowest BCUT2D eigenvalue weighted by atomic mass is 9.70. The average Bonchev–Trinajstić information content (AvgIpc) is 2.48. The van der Waals surface area contributed by atoms with Gasteiger partial charge in [0.15, 0.2) is 5.78 Å². The van der Waals surface area contributed by atoms with Gasteiger partial charge in [-0.25, -0.2) is 0 Å². The van der Waals surface area contributed by atoms with E-state index in [1.807, 2.05) is 0 Å². The third kappa shape index (κ3) is 1.18. The smallest absolute Gasteiger partial charge is 0.165 e. The van der Waals surface area contributed by atoms with Gasteiger partial charge in [0.25, 0.3) is 0 Å². The first-order valence-electron chi connectivity index (χ1n) is 6.20.